The van der Waals surface area contributed by atoms with Gasteiger partial charge < -0.3 is 9.64 Å². The zero-order valence-corrected chi connectivity index (χ0v) is 10.5. The molecule has 1 aliphatic heterocycles. The first-order valence-electron chi connectivity index (χ1n) is 5.79. The van der Waals surface area contributed by atoms with Crippen LogP contribution in [0.5, 0.6) is 0 Å². The predicted octanol–water partition coefficient (Wildman–Crippen LogP) is 2.59. The number of ether oxygens (including phenoxy) is 1. The monoisotopic (exact) mass is 263 g/mol. The number of hydrogen-bond donors (Lipinski definition) is 0. The Kier molecular flexibility index (Phi) is 3.25. The number of anilines is 1. The van der Waals surface area contributed by atoms with E-state index in [0.29, 0.717) is 18.9 Å². The number of nitrogens with zero attached hydrogens (tertiary/aromatic N) is 2. The molecule has 3 nitrogen and oxygen atoms in total. The van der Waals surface area contributed by atoms with Crippen LogP contribution in [0.2, 0.25) is 0 Å². The van der Waals surface area contributed by atoms with Crippen molar-refractivity contribution in [3.8, 4) is 11.3 Å². The zero-order valence-electron chi connectivity index (χ0n) is 9.73. The third kappa shape index (κ3) is 2.23. The van der Waals surface area contributed by atoms with Crippen molar-refractivity contribution in [2.24, 2.45) is 0 Å². The summed E-state index contributed by atoms with van der Waals surface area (Å²) in [5, 5.41) is 1.91. The maximum absolute atomic E-state index is 13.9. The summed E-state index contributed by atoms with van der Waals surface area (Å²) in [5.74, 6) is -0.195. The molecule has 2 heterocycles. The Hall–Kier alpha value is -1.46. The Morgan fingerprint density at radius 1 is 1.33 bits per heavy atom. The number of benzene rings is 1. The van der Waals surface area contributed by atoms with E-state index in [9.17, 15) is 4.39 Å². The number of rotatable bonds is 2. The molecule has 1 fully saturated rings. The van der Waals surface area contributed by atoms with Gasteiger partial charge in [-0.1, -0.05) is 0 Å². The van der Waals surface area contributed by atoms with E-state index in [0.717, 1.165) is 24.3 Å². The molecule has 1 aliphatic rings. The summed E-state index contributed by atoms with van der Waals surface area (Å²) in [4.78, 5) is 6.14. The summed E-state index contributed by atoms with van der Waals surface area (Å²) in [6, 6.07) is 5.10. The maximum atomic E-state index is 13.9. The van der Waals surface area contributed by atoms with Crippen LogP contribution in [0.3, 0.4) is 0 Å². The van der Waals surface area contributed by atoms with E-state index in [1.807, 2.05) is 16.3 Å². The van der Waals surface area contributed by atoms with Gasteiger partial charge in [-0.15, -0.1) is 11.3 Å². The summed E-state index contributed by atoms with van der Waals surface area (Å²) >= 11 is 1.42. The van der Waals surface area contributed by atoms with Crippen LogP contribution < -0.4 is 4.90 Å². The molecule has 0 N–H and O–H groups in total. The Balaban J connectivity index is 1.95. The minimum Gasteiger partial charge on any atom is -0.378 e. The average molecular weight is 263 g/mol. The normalized spacial score (nSPS) is 15.9. The molecule has 3 rings (SSSR count). The summed E-state index contributed by atoms with van der Waals surface area (Å²) in [5.41, 5.74) is 5.20. The van der Waals surface area contributed by atoms with Crippen LogP contribution >= 0.6 is 11.3 Å². The lowest BCUT2D eigenvalue weighted by atomic mass is 10.1. The van der Waals surface area contributed by atoms with Gasteiger partial charge in [0.2, 0.25) is 0 Å². The maximum Gasteiger partial charge on any atom is 0.152 e. The number of thiazole rings is 1. The average Bonchev–Trinajstić information content (AvgIpc) is 2.94. The highest BCUT2D eigenvalue weighted by molar-refractivity contribution is 7.07. The lowest BCUT2D eigenvalue weighted by molar-refractivity contribution is 0.122. The van der Waals surface area contributed by atoms with Crippen LogP contribution in [0.15, 0.2) is 23.6 Å². The Morgan fingerprint density at radius 2 is 2.17 bits per heavy atom. The molecule has 93 valence electrons. The molecule has 5 heteroatoms. The molecule has 2 aromatic rings. The molecule has 0 atom stereocenters. The fraction of sp³-hybridized carbons (Fsp3) is 0.308. The van der Waals surface area contributed by atoms with E-state index >= 15 is 0 Å². The molecule has 18 heavy (non-hydrogen) atoms. The summed E-state index contributed by atoms with van der Waals surface area (Å²) in [7, 11) is 0. The zero-order chi connectivity index (χ0) is 12.4. The minimum atomic E-state index is -0.195. The van der Waals surface area contributed by atoms with E-state index in [-0.39, 0.29) is 5.82 Å². The lowest BCUT2D eigenvalue weighted by Gasteiger charge is -2.29. The van der Waals surface area contributed by atoms with Gasteiger partial charge in [-0.25, -0.2) is 9.37 Å². The fourth-order valence-electron chi connectivity index (χ4n) is 2.04. The van der Waals surface area contributed by atoms with Gasteiger partial charge in [0.15, 0.2) is 5.51 Å². The molecule has 0 spiro atoms. The third-order valence-electron chi connectivity index (χ3n) is 2.98. The Morgan fingerprint density at radius 3 is 2.89 bits per heavy atom. The second kappa shape index (κ2) is 5.04. The minimum absolute atomic E-state index is 0.195. The van der Waals surface area contributed by atoms with Gasteiger partial charge >= 0.3 is 0 Å². The van der Waals surface area contributed by atoms with E-state index in [2.05, 4.69) is 10.5 Å². The molecule has 0 aliphatic carbocycles. The molecule has 1 radical (unpaired) electrons. The van der Waals surface area contributed by atoms with Gasteiger partial charge in [0.05, 0.1) is 24.6 Å². The first-order chi connectivity index (χ1) is 8.84. The van der Waals surface area contributed by atoms with Crippen LogP contribution in [0.25, 0.3) is 11.3 Å². The van der Waals surface area contributed by atoms with Crippen molar-refractivity contribution in [2.45, 2.75) is 0 Å². The molecule has 1 saturated heterocycles. The smallest absolute Gasteiger partial charge is 0.152 e. The van der Waals surface area contributed by atoms with Crippen molar-refractivity contribution in [3.63, 3.8) is 0 Å². The van der Waals surface area contributed by atoms with E-state index in [1.54, 1.807) is 6.07 Å². The molecule has 0 bridgehead atoms. The molecule has 0 amide bonds. The molecular weight excluding hydrogens is 251 g/mol. The van der Waals surface area contributed by atoms with Gasteiger partial charge in [0, 0.05) is 24.0 Å². The van der Waals surface area contributed by atoms with Crippen LogP contribution in [0, 0.1) is 11.3 Å². The highest BCUT2D eigenvalue weighted by Crippen LogP contribution is 2.27. The van der Waals surface area contributed by atoms with Gasteiger partial charge in [0.25, 0.3) is 0 Å². The fourth-order valence-corrected chi connectivity index (χ4v) is 2.54. The molecule has 1 aromatic heterocycles. The van der Waals surface area contributed by atoms with Crippen molar-refractivity contribution in [1.82, 2.24) is 4.98 Å². The Bertz CT molecular complexity index is 524. The molecular formula is C13H12FN2OS. The number of morpholine rings is 1. The second-order valence-electron chi connectivity index (χ2n) is 4.09. The van der Waals surface area contributed by atoms with Gasteiger partial charge in [0.1, 0.15) is 5.82 Å². The van der Waals surface area contributed by atoms with E-state index in [1.165, 1.54) is 17.4 Å². The van der Waals surface area contributed by atoms with E-state index in [4.69, 9.17) is 4.74 Å². The van der Waals surface area contributed by atoms with Crippen molar-refractivity contribution < 1.29 is 9.13 Å². The Labute approximate surface area is 109 Å². The van der Waals surface area contributed by atoms with Crippen molar-refractivity contribution in [1.29, 1.82) is 0 Å². The molecule has 1 aromatic carbocycles. The predicted molar refractivity (Wildman–Crippen MR) is 69.4 cm³/mol. The van der Waals surface area contributed by atoms with Crippen LogP contribution in [0.1, 0.15) is 0 Å². The van der Waals surface area contributed by atoms with E-state index < -0.39 is 0 Å². The summed E-state index contributed by atoms with van der Waals surface area (Å²) in [6.07, 6.45) is 0. The first-order valence-corrected chi connectivity index (χ1v) is 6.67. The molecule has 0 unspecified atom stereocenters. The van der Waals surface area contributed by atoms with Gasteiger partial charge in [-0.05, 0) is 18.2 Å². The van der Waals surface area contributed by atoms with Crippen molar-refractivity contribution >= 4 is 17.0 Å². The SMILES string of the molecule is Fc1ccc(-c2cs[c]n2)cc1N1CCOCC1. The number of hydrogen-bond acceptors (Lipinski definition) is 4. The third-order valence-corrected chi connectivity index (χ3v) is 3.52. The number of halogens is 1. The summed E-state index contributed by atoms with van der Waals surface area (Å²) in [6.45, 7) is 2.75. The highest BCUT2D eigenvalue weighted by atomic mass is 32.1. The van der Waals surface area contributed by atoms with Crippen LogP contribution in [-0.4, -0.2) is 31.3 Å². The van der Waals surface area contributed by atoms with Gasteiger partial charge in [-0.3, -0.25) is 0 Å². The quantitative estimate of drug-likeness (QED) is 0.832. The van der Waals surface area contributed by atoms with Gasteiger partial charge in [-0.2, -0.15) is 0 Å². The van der Waals surface area contributed by atoms with Crippen LogP contribution in [-0.2, 0) is 4.74 Å². The van der Waals surface area contributed by atoms with Crippen molar-refractivity contribution in [2.75, 3.05) is 31.2 Å². The largest absolute Gasteiger partial charge is 0.378 e. The van der Waals surface area contributed by atoms with Crippen LogP contribution in [0.4, 0.5) is 10.1 Å². The highest BCUT2D eigenvalue weighted by Gasteiger charge is 2.16. The summed E-state index contributed by atoms with van der Waals surface area (Å²) < 4.78 is 19.2. The second-order valence-corrected chi connectivity index (χ2v) is 4.74. The van der Waals surface area contributed by atoms with Crippen molar-refractivity contribution in [3.05, 3.63) is 34.9 Å². The topological polar surface area (TPSA) is 25.4 Å². The first kappa shape index (κ1) is 11.6. The lowest BCUT2D eigenvalue weighted by Crippen LogP contribution is -2.36. The molecule has 0 saturated carbocycles. The number of aromatic nitrogens is 1. The standard InChI is InChI=1S/C13H12FN2OS/c14-11-2-1-10(12-8-18-9-15-12)7-13(11)16-3-5-17-6-4-16/h1-2,7-8H,3-6H2.